The highest BCUT2D eigenvalue weighted by Gasteiger charge is 2.53. The standard InChI is InChI=1S/C39H29N7O14.C23H22N2O4.C16H9N5O11.C14H26N2O.CH4/c1-5-21-22-9-17(3)7-8-28(22)40-35-25(21)15-42-31(35)14-27-26(36(42)47)16-58-38(49)39(27,6-2)59-37(48)18(4)60-41-34-23-10-19(43(50)51)12-29(45(54)55)32(23)33-24(34)11-20(44(52)53)13-30(33)46(56)57;1-4-13-14-8-12(3)6-7-18(14)24-20-15(13)10-25-19(20)9-17-16(21(25)26)11-29-22(27)23(17,28)5-2;1-6(16(22)23)32-17-15-9-2-7(18(24)25)4-11(20(28)29)13(9)14-10(15)3-8(19(26)27)5-12(14)21(30)31;1-12(2)14(17)16-10-6-13(7-11-16)15-8-4-3-5-9-15;/h7-14,18H,5-6,15-16H2,1-4H3;6-9,28H,4-5,10-11H2,1-3H3;2-6H,1H3,(H,22,23);12-13H,3-11H2,1-2H3;1H4/t18-,39+;23-;6-;;/m101../s1. The molecule has 2 fully saturated rings. The van der Waals surface area contributed by atoms with Crippen molar-refractivity contribution in [2.75, 3.05) is 26.2 Å². The SMILES string of the molecule is C.CC(C)C(=O)N1CCC(N2CCCCC2)CC1.CCc1c2c(nc3ccc(C)cc13)-c1cc3c(c(=O)n1C2)COC(=O)[C@@]3(CC)OC(=O)[C@@H](C)ON=C1c2cc([N+](=O)[O-])cc([N+](=O)[O-])c2-c2c1cc([N+](=O)[O-])cc2[N+](=O)[O-].CCc1c2c(nc3ccc(C)cc13)-c1cc3c(c(=O)n1C2)COC(=O)[C@]3(O)CC.C[C@@H](ON=C1c2cc([N+](=O)[O-])cc([N+](=O)[O-])c2-c2c1cc([N+](=O)[O-])cc2[N+](=O)[O-])C(=O)O. The predicted molar refractivity (Wildman–Crippen MR) is 495 cm³/mol. The van der Waals surface area contributed by atoms with E-state index in [2.05, 4.69) is 40.0 Å². The molecule has 139 heavy (non-hydrogen) atoms. The Bertz CT molecular complexity index is 7070. The Kier molecular flexibility index (Phi) is 27.1. The number of carbonyl (C=O) groups is 5. The fourth-order valence-electron chi connectivity index (χ4n) is 19.0. The number of ether oxygens (including phenoxy) is 3. The molecule has 46 nitrogen and oxygen atoms in total. The Morgan fingerprint density at radius 3 is 1.24 bits per heavy atom. The number of hydrogen-bond acceptors (Lipinski definition) is 34. The zero-order valence-corrected chi connectivity index (χ0v) is 75.5. The van der Waals surface area contributed by atoms with Crippen molar-refractivity contribution in [3.63, 3.8) is 0 Å². The number of carbonyl (C=O) groups excluding carboxylic acids is 4. The first-order valence-electron chi connectivity index (χ1n) is 43.8. The molecule has 0 spiro atoms. The van der Waals surface area contributed by atoms with Gasteiger partial charge in [-0.15, -0.1) is 0 Å². The average molecular weight is 1910 g/mol. The number of amides is 1. The van der Waals surface area contributed by atoms with Crippen LogP contribution in [0.1, 0.15) is 186 Å². The Morgan fingerprint density at radius 2 is 0.878 bits per heavy atom. The summed E-state index contributed by atoms with van der Waals surface area (Å²) in [5.41, 5.74) is -4.94. The minimum atomic E-state index is -2.18. The summed E-state index contributed by atoms with van der Waals surface area (Å²) in [6.45, 7) is 22.2. The number of esters is 3. The van der Waals surface area contributed by atoms with Crippen molar-refractivity contribution in [2.45, 2.75) is 190 Å². The number of piperidine rings is 2. The van der Waals surface area contributed by atoms with Crippen molar-refractivity contribution >= 4 is 109 Å². The van der Waals surface area contributed by atoms with Crippen LogP contribution in [0.3, 0.4) is 0 Å². The number of cyclic esters (lactones) is 2. The third-order valence-corrected chi connectivity index (χ3v) is 25.9. The van der Waals surface area contributed by atoms with Gasteiger partial charge >= 0.3 is 23.9 Å². The maximum absolute atomic E-state index is 14.2. The van der Waals surface area contributed by atoms with Crippen LogP contribution in [0.2, 0.25) is 0 Å². The molecule has 722 valence electrons. The first-order valence-corrected chi connectivity index (χ1v) is 43.8. The Labute approximate surface area is 785 Å². The number of rotatable bonds is 21. The summed E-state index contributed by atoms with van der Waals surface area (Å²) in [7, 11) is 0. The number of aromatic nitrogens is 4. The number of benzene rings is 6. The molecule has 10 heterocycles. The van der Waals surface area contributed by atoms with Crippen molar-refractivity contribution in [1.29, 1.82) is 0 Å². The summed E-state index contributed by atoms with van der Waals surface area (Å²) in [5.74, 6) is -3.88. The van der Waals surface area contributed by atoms with E-state index < -0.39 is 189 Å². The predicted octanol–water partition coefficient (Wildman–Crippen LogP) is 14.2. The van der Waals surface area contributed by atoms with Gasteiger partial charge in [0.25, 0.3) is 56.6 Å². The van der Waals surface area contributed by atoms with Crippen LogP contribution in [0.5, 0.6) is 0 Å². The normalized spacial score (nSPS) is 16.9. The van der Waals surface area contributed by atoms with E-state index in [1.54, 1.807) is 23.6 Å². The lowest BCUT2D eigenvalue weighted by molar-refractivity contribution is -0.395. The van der Waals surface area contributed by atoms with E-state index in [4.69, 9.17) is 39.0 Å². The van der Waals surface area contributed by atoms with Crippen LogP contribution in [-0.2, 0) is 98.2 Å². The van der Waals surface area contributed by atoms with Crippen molar-refractivity contribution < 1.29 is 97.5 Å². The second kappa shape index (κ2) is 38.3. The van der Waals surface area contributed by atoms with Gasteiger partial charge in [-0.1, -0.05) is 89.0 Å². The molecule has 4 aromatic heterocycles. The second-order valence-corrected chi connectivity index (χ2v) is 34.3. The van der Waals surface area contributed by atoms with Crippen molar-refractivity contribution in [1.82, 2.24) is 28.9 Å². The molecule has 1 amide bonds. The number of nitro groups is 8. The molecule has 4 atom stereocenters. The van der Waals surface area contributed by atoms with Gasteiger partial charge in [0, 0.05) is 105 Å². The van der Waals surface area contributed by atoms with Crippen LogP contribution < -0.4 is 11.1 Å². The van der Waals surface area contributed by atoms with Crippen LogP contribution in [0, 0.1) is 101 Å². The third-order valence-electron chi connectivity index (χ3n) is 25.9. The highest BCUT2D eigenvalue weighted by molar-refractivity contribution is 6.28. The molecule has 0 unspecified atom stereocenters. The molecule has 6 aromatic carbocycles. The molecule has 8 aliphatic rings. The Morgan fingerprint density at radius 1 is 0.496 bits per heavy atom. The van der Waals surface area contributed by atoms with E-state index in [0.29, 0.717) is 76.9 Å². The van der Waals surface area contributed by atoms with Crippen molar-refractivity contribution in [3.05, 3.63) is 277 Å². The number of aliphatic carboxylic acids is 1. The molecule has 2 aliphatic carbocycles. The summed E-state index contributed by atoms with van der Waals surface area (Å²) in [5, 5.41) is 123. The number of oxime groups is 2. The van der Waals surface area contributed by atoms with Gasteiger partial charge in [0.05, 0.1) is 144 Å². The van der Waals surface area contributed by atoms with Gasteiger partial charge in [-0.3, -0.25) is 95.3 Å². The molecule has 0 radical (unpaired) electrons. The molecule has 2 saturated heterocycles. The number of aliphatic hydroxyl groups is 1. The lowest BCUT2D eigenvalue weighted by Gasteiger charge is -2.40. The summed E-state index contributed by atoms with van der Waals surface area (Å²) in [6, 6.07) is 21.7. The van der Waals surface area contributed by atoms with Gasteiger partial charge < -0.3 is 53.0 Å². The number of carboxylic acids is 1. The summed E-state index contributed by atoms with van der Waals surface area (Å²) >= 11 is 0. The molecule has 0 bridgehead atoms. The molecular formula is C93H90N16O30. The van der Waals surface area contributed by atoms with Crippen molar-refractivity contribution in [2.24, 2.45) is 16.2 Å². The summed E-state index contributed by atoms with van der Waals surface area (Å²) < 4.78 is 19.7. The third kappa shape index (κ3) is 17.5. The van der Waals surface area contributed by atoms with Crippen molar-refractivity contribution in [3.8, 4) is 45.0 Å². The number of hydrogen-bond donors (Lipinski definition) is 2. The van der Waals surface area contributed by atoms with Gasteiger partial charge in [-0.2, -0.15) is 0 Å². The molecule has 46 heteroatoms. The number of fused-ring (bicyclic) bond motifs is 16. The highest BCUT2D eigenvalue weighted by atomic mass is 16.7. The highest BCUT2D eigenvalue weighted by Crippen LogP contribution is 2.54. The fraction of sp³-hybridized carbons (Fsp3) is 0.366. The van der Waals surface area contributed by atoms with Gasteiger partial charge in [0.1, 0.15) is 24.6 Å². The van der Waals surface area contributed by atoms with Crippen LogP contribution in [0.25, 0.3) is 66.8 Å². The molecule has 6 aliphatic heterocycles. The zero-order chi connectivity index (χ0) is 99.8. The molecule has 2 N–H and O–H groups in total. The van der Waals surface area contributed by atoms with Crippen LogP contribution in [0.4, 0.5) is 45.5 Å². The quantitative estimate of drug-likeness (QED) is 0.0292. The maximum atomic E-state index is 14.2. The van der Waals surface area contributed by atoms with E-state index in [1.807, 2.05) is 58.0 Å². The average Bonchev–Trinajstić information content (AvgIpc) is 1.52. The number of carboxylic acid groups (broad SMARTS) is 1. The first kappa shape index (κ1) is 98.4. The summed E-state index contributed by atoms with van der Waals surface area (Å²) in [6.07, 6.45) is 4.60. The van der Waals surface area contributed by atoms with E-state index in [9.17, 15) is 120 Å². The Balaban J connectivity index is 0.000000163. The van der Waals surface area contributed by atoms with Crippen LogP contribution in [-0.4, -0.2) is 164 Å². The van der Waals surface area contributed by atoms with Crippen LogP contribution in [0.15, 0.2) is 117 Å². The maximum Gasteiger partial charge on any atom is 0.355 e. The summed E-state index contributed by atoms with van der Waals surface area (Å²) in [4.78, 5) is 201. The number of non-ortho nitro benzene ring substituents is 4. The molecular weight excluding hydrogens is 1820 g/mol. The van der Waals surface area contributed by atoms with Gasteiger partial charge in [0.15, 0.2) is 5.60 Å². The number of nitro benzene ring substituents is 8. The second-order valence-electron chi connectivity index (χ2n) is 34.3. The Hall–Kier alpha value is -16.6. The van der Waals surface area contributed by atoms with Gasteiger partial charge in [-0.25, -0.2) is 29.1 Å². The zero-order valence-electron chi connectivity index (χ0n) is 75.5. The number of likely N-dealkylation sites (tertiary alicyclic amines) is 2. The molecule has 10 aromatic rings. The number of nitrogens with zero attached hydrogens (tertiary/aromatic N) is 16. The van der Waals surface area contributed by atoms with E-state index >= 15 is 0 Å². The minimum absolute atomic E-state index is 0. The van der Waals surface area contributed by atoms with E-state index in [-0.39, 0.29) is 67.2 Å². The monoisotopic (exact) mass is 1910 g/mol. The fourth-order valence-corrected chi connectivity index (χ4v) is 19.0. The molecule has 18 rings (SSSR count). The topological polar surface area (TPSA) is 618 Å². The molecule has 0 saturated carbocycles. The van der Waals surface area contributed by atoms with Crippen LogP contribution >= 0.6 is 0 Å². The van der Waals surface area contributed by atoms with E-state index in [0.717, 1.165) is 108 Å². The lowest BCUT2D eigenvalue weighted by atomic mass is 9.85. The van der Waals surface area contributed by atoms with Gasteiger partial charge in [0.2, 0.25) is 23.7 Å². The number of aryl methyl sites for hydroxylation is 4. The van der Waals surface area contributed by atoms with E-state index in [1.165, 1.54) is 67.8 Å². The largest absolute Gasteiger partial charge is 0.478 e. The lowest BCUT2D eigenvalue weighted by Crippen LogP contribution is -2.48. The first-order chi connectivity index (χ1) is 65.5. The minimum Gasteiger partial charge on any atom is -0.478 e. The smallest absolute Gasteiger partial charge is 0.355 e. The number of pyridine rings is 4. The van der Waals surface area contributed by atoms with Gasteiger partial charge in [-0.05, 0) is 140 Å².